The zero-order chi connectivity index (χ0) is 55.5. The Kier molecular flexibility index (Phi) is 56.1. The Hall–Kier alpha value is -2.23. The molecule has 0 amide bonds. The maximum absolute atomic E-state index is 11.1. The van der Waals surface area contributed by atoms with E-state index in [2.05, 4.69) is 19.7 Å². The van der Waals surface area contributed by atoms with Gasteiger partial charge in [-0.1, -0.05) is 19.7 Å². The Labute approximate surface area is 444 Å². The van der Waals surface area contributed by atoms with Crippen molar-refractivity contribution in [3.05, 3.63) is 36.5 Å². The lowest BCUT2D eigenvalue weighted by molar-refractivity contribution is -0.143. The summed E-state index contributed by atoms with van der Waals surface area (Å²) < 4.78 is 72.0. The van der Waals surface area contributed by atoms with Gasteiger partial charge < -0.3 is 86.7 Å². The molecule has 4 N–H and O–H groups in total. The number of allylic oxidation sites excluding steroid dienone is 1. The maximum Gasteiger partial charge on any atom is 0.333 e. The third kappa shape index (κ3) is 64.0. The molecule has 3 fully saturated rings. The Morgan fingerprint density at radius 1 is 0.493 bits per heavy atom. The molecule has 0 spiro atoms. The van der Waals surface area contributed by atoms with E-state index in [1.165, 1.54) is 12.8 Å². The molecule has 7 unspecified atom stereocenters. The number of hydrogen-bond donors (Lipinski definition) is 4. The molecule has 21 nitrogen and oxygen atoms in total. The molecular weight excluding hydrogens is 1010 g/mol. The van der Waals surface area contributed by atoms with Crippen LogP contribution in [-0.2, 0) is 80.7 Å². The van der Waals surface area contributed by atoms with Gasteiger partial charge in [0.25, 0.3) is 0 Å². The molecule has 0 aromatic carbocycles. The first-order chi connectivity index (χ1) is 34.9. The summed E-state index contributed by atoms with van der Waals surface area (Å²) in [5.74, 6) is -0.191. The molecule has 3 aliphatic heterocycles. The third-order valence-electron chi connectivity index (χ3n) is 8.46. The molecule has 0 bridgehead atoms. The number of halogens is 2. The SMILES string of the molecule is C=C(C)C(=O)Cl.C=C(C)C(=O)OCCOCC(C)OCCOC(=O)C(=C)C.CC(COCCCCC1CO1)OCCOCC1CO1.CC(COCCO)OCCO.CC(COCCO)OCCO.ClCC1CO1. The smallest absolute Gasteiger partial charge is 0.333 e. The zero-order valence-electron chi connectivity index (χ0n) is 44.7. The lowest BCUT2D eigenvalue weighted by Crippen LogP contribution is -2.21. The largest absolute Gasteiger partial charge is 0.460 e. The van der Waals surface area contributed by atoms with Crippen molar-refractivity contribution in [3.8, 4) is 0 Å². The van der Waals surface area contributed by atoms with Crippen molar-refractivity contribution in [2.24, 2.45) is 0 Å². The second kappa shape index (κ2) is 54.6. The fraction of sp³-hybridized carbons (Fsp3) is 0.820. The summed E-state index contributed by atoms with van der Waals surface area (Å²) in [5, 5.41) is 33.0. The van der Waals surface area contributed by atoms with Gasteiger partial charge in [0.2, 0.25) is 5.24 Å². The minimum absolute atomic E-state index is 0.0197. The number of alkyl halides is 1. The van der Waals surface area contributed by atoms with Crippen molar-refractivity contribution >= 4 is 40.4 Å². The van der Waals surface area contributed by atoms with E-state index in [-0.39, 0.29) is 77.3 Å². The first kappa shape index (κ1) is 75.0. The molecule has 3 aliphatic rings. The van der Waals surface area contributed by atoms with Gasteiger partial charge in [0.1, 0.15) is 19.3 Å². The Bertz CT molecular complexity index is 1300. The first-order valence-electron chi connectivity index (χ1n) is 24.6. The van der Waals surface area contributed by atoms with Crippen molar-refractivity contribution in [2.45, 2.75) is 110 Å². The molecular formula is C50H92Cl2O21. The Morgan fingerprint density at radius 3 is 1.18 bits per heavy atom. The minimum atomic E-state index is -0.463. The van der Waals surface area contributed by atoms with Gasteiger partial charge in [-0.25, -0.2) is 9.59 Å². The molecule has 0 radical (unpaired) electrons. The van der Waals surface area contributed by atoms with Gasteiger partial charge in [-0.2, -0.15) is 0 Å². The van der Waals surface area contributed by atoms with Crippen molar-refractivity contribution in [3.63, 3.8) is 0 Å². The molecule has 0 saturated carbocycles. The van der Waals surface area contributed by atoms with Gasteiger partial charge in [-0.15, -0.1) is 11.6 Å². The molecule has 23 heteroatoms. The highest BCUT2D eigenvalue weighted by Gasteiger charge is 2.22. The van der Waals surface area contributed by atoms with Crippen molar-refractivity contribution in [1.29, 1.82) is 0 Å². The van der Waals surface area contributed by atoms with Crippen LogP contribution < -0.4 is 0 Å². The van der Waals surface area contributed by atoms with Gasteiger partial charge in [0.05, 0.1) is 175 Å². The lowest BCUT2D eigenvalue weighted by Gasteiger charge is -2.13. The topological polar surface area (TPSA) is 271 Å². The fourth-order valence-corrected chi connectivity index (χ4v) is 4.48. The van der Waals surface area contributed by atoms with Crippen LogP contribution in [-0.4, -0.2) is 238 Å². The quantitative estimate of drug-likeness (QED) is 0.0170. The molecule has 3 saturated heterocycles. The van der Waals surface area contributed by atoms with Gasteiger partial charge in [-0.3, -0.25) is 4.79 Å². The number of aliphatic hydroxyl groups excluding tert-OH is 4. The van der Waals surface area contributed by atoms with Crippen LogP contribution >= 0.6 is 23.2 Å². The molecule has 0 aromatic rings. The zero-order valence-corrected chi connectivity index (χ0v) is 46.3. The van der Waals surface area contributed by atoms with Crippen molar-refractivity contribution in [2.75, 3.05) is 158 Å². The normalized spacial score (nSPS) is 17.2. The third-order valence-corrected chi connectivity index (χ3v) is 9.13. The first-order valence-corrected chi connectivity index (χ1v) is 25.5. The van der Waals surface area contributed by atoms with E-state index in [4.69, 9.17) is 110 Å². The molecule has 3 rings (SSSR count). The summed E-state index contributed by atoms with van der Waals surface area (Å²) in [5.41, 5.74) is 1.10. The van der Waals surface area contributed by atoms with Crippen LogP contribution in [0.5, 0.6) is 0 Å². The van der Waals surface area contributed by atoms with Crippen LogP contribution in [0.4, 0.5) is 0 Å². The standard InChI is InChI=1S/C15H24O6.C14H26O5.2C7H16O4.C4H5ClO.C3H5ClO/c1-11(2)14(16)20-7-6-18-10-13(5)19-8-9-21-15(17)12(3)4;1-12(17-7-6-16-9-14-11-19-14)8-15-5-3-2-4-13-10-18-13;2*1-7(11-5-3-9)6-10-4-2-8;1-3(2)4(5)6;4-1-3-2-5-3/h13H,1,3,6-10H2,2,4-5H3;12-14H,2-11H2,1H3;2*7-9H,2-6H2,1H3;1H2,2H3;3H,1-2H2. The number of aliphatic hydroxyl groups is 4. The predicted molar refractivity (Wildman–Crippen MR) is 275 cm³/mol. The number of unbranched alkanes of at least 4 members (excludes halogenated alkanes) is 1. The summed E-state index contributed by atoms with van der Waals surface area (Å²) in [7, 11) is 0. The van der Waals surface area contributed by atoms with E-state index in [0.717, 1.165) is 32.8 Å². The van der Waals surface area contributed by atoms with E-state index in [9.17, 15) is 14.4 Å². The average Bonchev–Trinajstić information content (AvgIpc) is 4.20. The van der Waals surface area contributed by atoms with Gasteiger partial charge in [0.15, 0.2) is 0 Å². The van der Waals surface area contributed by atoms with E-state index < -0.39 is 17.2 Å². The van der Waals surface area contributed by atoms with Crippen LogP contribution in [0.25, 0.3) is 0 Å². The molecule has 3 heterocycles. The van der Waals surface area contributed by atoms with E-state index >= 15 is 0 Å². The van der Waals surface area contributed by atoms with E-state index in [1.807, 2.05) is 27.7 Å². The number of carbonyl (C=O) groups excluding carboxylic acids is 3. The fourth-order valence-electron chi connectivity index (χ4n) is 4.31. The lowest BCUT2D eigenvalue weighted by atomic mass is 10.2. The second-order valence-corrected chi connectivity index (χ2v) is 17.0. The van der Waals surface area contributed by atoms with Crippen LogP contribution in [0.15, 0.2) is 36.5 Å². The molecule has 432 valence electrons. The number of esters is 2. The highest BCUT2D eigenvalue weighted by Crippen LogP contribution is 2.16. The van der Waals surface area contributed by atoms with Gasteiger partial charge >= 0.3 is 11.9 Å². The summed E-state index contributed by atoms with van der Waals surface area (Å²) in [6, 6.07) is 0. The Morgan fingerprint density at radius 2 is 0.836 bits per heavy atom. The summed E-state index contributed by atoms with van der Waals surface area (Å²) in [6.07, 6.45) is 4.70. The average molecular weight is 1100 g/mol. The molecule has 0 aromatic heterocycles. The predicted octanol–water partition coefficient (Wildman–Crippen LogP) is 3.78. The maximum atomic E-state index is 11.1. The van der Waals surface area contributed by atoms with Crippen molar-refractivity contribution < 1.29 is 101 Å². The van der Waals surface area contributed by atoms with Gasteiger partial charge in [0, 0.05) is 23.3 Å². The van der Waals surface area contributed by atoms with E-state index in [1.54, 1.807) is 20.8 Å². The number of epoxide rings is 3. The molecule has 7 atom stereocenters. The van der Waals surface area contributed by atoms with E-state index in [0.29, 0.717) is 114 Å². The van der Waals surface area contributed by atoms with Crippen LogP contribution in [0.3, 0.4) is 0 Å². The van der Waals surface area contributed by atoms with Crippen LogP contribution in [0.2, 0.25) is 0 Å². The number of ether oxygens (including phenoxy) is 14. The highest BCUT2D eigenvalue weighted by molar-refractivity contribution is 6.67. The van der Waals surface area contributed by atoms with Crippen molar-refractivity contribution in [1.82, 2.24) is 0 Å². The van der Waals surface area contributed by atoms with Crippen LogP contribution in [0, 0.1) is 0 Å². The summed E-state index contributed by atoms with van der Waals surface area (Å²) >= 11 is 10.1. The van der Waals surface area contributed by atoms with Gasteiger partial charge in [-0.05, 0) is 79.3 Å². The number of hydrogen-bond acceptors (Lipinski definition) is 21. The molecule has 0 aliphatic carbocycles. The number of carbonyl (C=O) groups is 3. The monoisotopic (exact) mass is 1100 g/mol. The summed E-state index contributed by atoms with van der Waals surface area (Å²) in [4.78, 5) is 32.0. The second-order valence-electron chi connectivity index (χ2n) is 16.4. The Balaban J connectivity index is -0.000000858. The summed E-state index contributed by atoms with van der Waals surface area (Å²) in [6.45, 7) is 32.3. The van der Waals surface area contributed by atoms with Crippen LogP contribution in [0.1, 0.15) is 67.7 Å². The highest BCUT2D eigenvalue weighted by atomic mass is 35.5. The molecule has 73 heavy (non-hydrogen) atoms. The number of rotatable bonds is 40. The minimum Gasteiger partial charge on any atom is -0.460 e.